The minimum absolute atomic E-state index is 0.0256. The maximum Gasteiger partial charge on any atom is 0.364 e. The van der Waals surface area contributed by atoms with Crippen LogP contribution >= 0.6 is 11.8 Å². The molecule has 1 aliphatic carbocycles. The second kappa shape index (κ2) is 15.9. The highest BCUT2D eigenvalue weighted by Crippen LogP contribution is 2.34. The molecule has 1 unspecified atom stereocenters. The highest BCUT2D eigenvalue weighted by molar-refractivity contribution is 7.99. The molecular weight excluding hydrogens is 552 g/mol. The van der Waals surface area contributed by atoms with Gasteiger partial charge in [0.1, 0.15) is 12.2 Å². The zero-order chi connectivity index (χ0) is 30.0. The molecule has 41 heavy (non-hydrogen) atoms. The summed E-state index contributed by atoms with van der Waals surface area (Å²) in [6.45, 7) is 2.84. The number of carboxylic acid groups (broad SMARTS) is 1. The molecule has 1 heterocycles. The number of nitrogens with one attached hydrogen (secondary N) is 2. The van der Waals surface area contributed by atoms with E-state index in [2.05, 4.69) is 10.6 Å². The third kappa shape index (κ3) is 9.13. The number of carbonyl (C=O) groups is 3. The maximum atomic E-state index is 12.8. The summed E-state index contributed by atoms with van der Waals surface area (Å²) in [7, 11) is 0. The van der Waals surface area contributed by atoms with Crippen molar-refractivity contribution in [3.8, 4) is 0 Å². The molecule has 0 radical (unpaired) electrons. The van der Waals surface area contributed by atoms with Crippen molar-refractivity contribution in [2.75, 3.05) is 24.7 Å². The molecule has 0 aromatic heterocycles. The van der Waals surface area contributed by atoms with E-state index in [4.69, 9.17) is 9.47 Å². The van der Waals surface area contributed by atoms with E-state index in [0.717, 1.165) is 24.3 Å². The molecule has 1 aromatic rings. The molecule has 3 rings (SSSR count). The number of amides is 2. The van der Waals surface area contributed by atoms with E-state index >= 15 is 0 Å². The lowest BCUT2D eigenvalue weighted by Crippen LogP contribution is -2.68. The van der Waals surface area contributed by atoms with Crippen LogP contribution in [0.3, 0.4) is 0 Å². The predicted molar refractivity (Wildman–Crippen MR) is 154 cm³/mol. The Kier molecular flexibility index (Phi) is 12.9. The zero-order valence-corrected chi connectivity index (χ0v) is 24.6. The molecule has 2 aliphatic rings. The quantitative estimate of drug-likeness (QED) is 0.174. The Morgan fingerprint density at radius 2 is 1.83 bits per heavy atom. The first-order valence-electron chi connectivity index (χ1n) is 14.4. The van der Waals surface area contributed by atoms with Crippen molar-refractivity contribution in [1.29, 1.82) is 0 Å². The van der Waals surface area contributed by atoms with E-state index in [1.165, 1.54) is 31.7 Å². The number of carbonyl (C=O) groups excluding carboxylic acids is 2. The van der Waals surface area contributed by atoms with Gasteiger partial charge in [0.05, 0.1) is 24.9 Å². The lowest BCUT2D eigenvalue weighted by Gasteiger charge is -2.46. The number of thioether (sulfide) groups is 1. The van der Waals surface area contributed by atoms with Gasteiger partial charge in [-0.15, -0.1) is 0 Å². The Morgan fingerprint density at radius 1 is 1.15 bits per heavy atom. The number of carboxylic acids is 1. The monoisotopic (exact) mass is 596 g/mol. The summed E-state index contributed by atoms with van der Waals surface area (Å²) in [6, 6.07) is 6.11. The van der Waals surface area contributed by atoms with Gasteiger partial charge >= 0.3 is 5.97 Å². The van der Waals surface area contributed by atoms with Crippen molar-refractivity contribution < 1.29 is 44.3 Å². The fourth-order valence-electron chi connectivity index (χ4n) is 5.47. The van der Waals surface area contributed by atoms with Crippen molar-refractivity contribution in [2.24, 2.45) is 0 Å². The lowest BCUT2D eigenvalue weighted by molar-refractivity contribution is -0.310. The van der Waals surface area contributed by atoms with Crippen LogP contribution in [0.2, 0.25) is 0 Å². The fraction of sp³-hybridized carbons (Fsp3) is 0.690. The third-order valence-electron chi connectivity index (χ3n) is 7.69. The van der Waals surface area contributed by atoms with Crippen LogP contribution in [-0.4, -0.2) is 99.1 Å². The molecule has 2 fully saturated rings. The van der Waals surface area contributed by atoms with Crippen LogP contribution in [-0.2, 0) is 19.1 Å². The number of aliphatic carboxylic acids is 1. The average molecular weight is 597 g/mol. The van der Waals surface area contributed by atoms with Crippen molar-refractivity contribution in [3.63, 3.8) is 0 Å². The van der Waals surface area contributed by atoms with Crippen molar-refractivity contribution >= 4 is 29.5 Å². The minimum atomic E-state index is -2.29. The summed E-state index contributed by atoms with van der Waals surface area (Å²) < 4.78 is 11.3. The number of rotatable bonds is 14. The van der Waals surface area contributed by atoms with Crippen LogP contribution in [0.25, 0.3) is 0 Å². The van der Waals surface area contributed by atoms with E-state index < -0.39 is 60.4 Å². The molecule has 11 nitrogen and oxygen atoms in total. The Bertz CT molecular complexity index is 1000. The molecule has 0 spiro atoms. The molecule has 1 aromatic carbocycles. The number of hydrogen-bond acceptors (Lipinski definition) is 9. The number of aliphatic hydroxyl groups excluding tert-OH is 3. The van der Waals surface area contributed by atoms with Crippen LogP contribution in [0.5, 0.6) is 0 Å². The molecule has 2 amide bonds. The van der Waals surface area contributed by atoms with Crippen LogP contribution < -0.4 is 10.6 Å². The van der Waals surface area contributed by atoms with Gasteiger partial charge in [0, 0.05) is 25.5 Å². The standard InChI is InChI=1S/C29H44N2O9S/c1-3-41-15-7-14-39-29(28(37)38)16-22(33)24(31-18(2)32)26(40-29)25(35)23(34)17-30-27(36)21-12-10-20(11-13-21)19-8-5-4-6-9-19/h10-13,19,22-26,33-35H,3-9,14-17H2,1-2H3,(H,30,36)(H,31,32)(H,37,38)/t22-,23+,24+,25+,26?,29+/m0/s1. The van der Waals surface area contributed by atoms with Crippen LogP contribution in [0.1, 0.15) is 80.6 Å². The highest BCUT2D eigenvalue weighted by Gasteiger charge is 2.55. The van der Waals surface area contributed by atoms with E-state index in [-0.39, 0.29) is 13.2 Å². The summed E-state index contributed by atoms with van der Waals surface area (Å²) in [5.41, 5.74) is 1.59. The van der Waals surface area contributed by atoms with Gasteiger partial charge in [0.2, 0.25) is 5.91 Å². The first-order valence-corrected chi connectivity index (χ1v) is 15.6. The molecule has 6 atom stereocenters. The molecule has 1 saturated heterocycles. The van der Waals surface area contributed by atoms with Crippen LogP contribution in [0.4, 0.5) is 0 Å². The van der Waals surface area contributed by atoms with Gasteiger partial charge in [0.25, 0.3) is 11.7 Å². The van der Waals surface area contributed by atoms with Crippen LogP contribution in [0, 0.1) is 0 Å². The van der Waals surface area contributed by atoms with Gasteiger partial charge in [-0.1, -0.05) is 38.3 Å². The van der Waals surface area contributed by atoms with Gasteiger partial charge < -0.3 is 40.5 Å². The fourth-order valence-corrected chi connectivity index (χ4v) is 6.08. The Hall–Kier alpha value is -2.22. The van der Waals surface area contributed by atoms with Crippen molar-refractivity contribution in [2.45, 2.75) is 101 Å². The van der Waals surface area contributed by atoms with Crippen LogP contribution in [0.15, 0.2) is 24.3 Å². The summed E-state index contributed by atoms with van der Waals surface area (Å²) in [4.78, 5) is 36.8. The number of hydrogen-bond donors (Lipinski definition) is 6. The summed E-state index contributed by atoms with van der Waals surface area (Å²) >= 11 is 1.66. The smallest absolute Gasteiger partial charge is 0.364 e. The van der Waals surface area contributed by atoms with Crippen molar-refractivity contribution in [3.05, 3.63) is 35.4 Å². The van der Waals surface area contributed by atoms with Crippen molar-refractivity contribution in [1.82, 2.24) is 10.6 Å². The van der Waals surface area contributed by atoms with Gasteiger partial charge in [-0.05, 0) is 54.4 Å². The highest BCUT2D eigenvalue weighted by atomic mass is 32.2. The first kappa shape index (κ1) is 33.3. The predicted octanol–water partition coefficient (Wildman–Crippen LogP) is 1.78. The summed E-state index contributed by atoms with van der Waals surface area (Å²) in [5.74, 6) is -2.67. The second-order valence-electron chi connectivity index (χ2n) is 10.8. The van der Waals surface area contributed by atoms with E-state index in [9.17, 15) is 34.8 Å². The topological polar surface area (TPSA) is 175 Å². The molecule has 230 valence electrons. The zero-order valence-electron chi connectivity index (χ0n) is 23.8. The molecule has 1 aliphatic heterocycles. The SMILES string of the molecule is CCSCCCO[C@]1(C(=O)O)C[C@H](O)[C@@H](NC(C)=O)C([C@H](O)[C@H](O)CNC(=O)c2ccc(C3CCCCC3)cc2)O1. The summed E-state index contributed by atoms with van der Waals surface area (Å²) in [5, 5.41) is 47.6. The minimum Gasteiger partial charge on any atom is -0.477 e. The maximum absolute atomic E-state index is 12.8. The Labute approximate surface area is 245 Å². The number of benzene rings is 1. The second-order valence-corrected chi connectivity index (χ2v) is 12.2. The van der Waals surface area contributed by atoms with Gasteiger partial charge in [0.15, 0.2) is 0 Å². The number of aliphatic hydroxyl groups is 3. The van der Waals surface area contributed by atoms with Gasteiger partial charge in [-0.3, -0.25) is 9.59 Å². The van der Waals surface area contributed by atoms with E-state index in [1.54, 1.807) is 23.9 Å². The largest absolute Gasteiger partial charge is 0.477 e. The van der Waals surface area contributed by atoms with E-state index in [0.29, 0.717) is 17.9 Å². The molecule has 12 heteroatoms. The normalized spacial score (nSPS) is 26.6. The van der Waals surface area contributed by atoms with Gasteiger partial charge in [-0.25, -0.2) is 4.79 Å². The van der Waals surface area contributed by atoms with E-state index in [1.807, 2.05) is 19.1 Å². The number of ether oxygens (including phenoxy) is 2. The molecule has 1 saturated carbocycles. The average Bonchev–Trinajstić information content (AvgIpc) is 2.96. The summed E-state index contributed by atoms with van der Waals surface area (Å²) in [6.07, 6.45) is -0.434. The molecular formula is C29H44N2O9S. The Balaban J connectivity index is 1.66. The first-order chi connectivity index (χ1) is 19.6. The molecule has 0 bridgehead atoms. The lowest BCUT2D eigenvalue weighted by atomic mass is 9.84. The Morgan fingerprint density at radius 3 is 2.44 bits per heavy atom. The third-order valence-corrected chi connectivity index (χ3v) is 8.68. The van der Waals surface area contributed by atoms with Gasteiger partial charge in [-0.2, -0.15) is 11.8 Å². The molecule has 6 N–H and O–H groups in total.